The molecule has 0 saturated carbocycles. The number of carbonyl (C=O) groups is 2. The van der Waals surface area contributed by atoms with E-state index in [-0.39, 0.29) is 41.1 Å². The fraction of sp³-hybridized carbons (Fsp3) is 0.161. The van der Waals surface area contributed by atoms with E-state index in [0.717, 1.165) is 33.0 Å². The van der Waals surface area contributed by atoms with E-state index >= 15 is 0 Å². The van der Waals surface area contributed by atoms with Gasteiger partial charge in [-0.1, -0.05) is 54.1 Å². The van der Waals surface area contributed by atoms with Crippen molar-refractivity contribution in [3.63, 3.8) is 0 Å². The van der Waals surface area contributed by atoms with Gasteiger partial charge < -0.3 is 13.7 Å². The first kappa shape index (κ1) is 29.7. The Balaban J connectivity index is 1.32. The van der Waals surface area contributed by atoms with Crippen molar-refractivity contribution in [2.45, 2.75) is 18.7 Å². The van der Waals surface area contributed by atoms with E-state index in [1.165, 1.54) is 12.1 Å². The maximum Gasteiger partial charge on any atom is 0.339 e. The van der Waals surface area contributed by atoms with Crippen LogP contribution in [0.2, 0.25) is 0 Å². The molecular weight excluding hydrogens is 642 g/mol. The Bertz CT molecular complexity index is 1800. The molecule has 0 aromatic heterocycles. The monoisotopic (exact) mass is 667 g/mol. The smallest absolute Gasteiger partial charge is 0.339 e. The van der Waals surface area contributed by atoms with Crippen molar-refractivity contribution in [1.29, 1.82) is 0 Å². The molecule has 1 heterocycles. The third-order valence-electron chi connectivity index (χ3n) is 6.33. The molecule has 11 heteroatoms. The van der Waals surface area contributed by atoms with Crippen molar-refractivity contribution >= 4 is 65.8 Å². The molecule has 1 fully saturated rings. The number of fused-ring (bicyclic) bond motifs is 1. The zero-order chi connectivity index (χ0) is 29.9. The van der Waals surface area contributed by atoms with Gasteiger partial charge in [0.2, 0.25) is 0 Å². The van der Waals surface area contributed by atoms with E-state index in [9.17, 15) is 18.0 Å². The molecule has 2 amide bonds. The third kappa shape index (κ3) is 6.48. The van der Waals surface area contributed by atoms with E-state index in [1.54, 1.807) is 37.3 Å². The standard InChI is InChI=1S/C31H26BrNO7S2/c1-3-38-27-18-21(17-25(32)29(27)40-42(36,37)23-13-11-20(2)12-14-23)19-28-30(34)33(31(35)41-28)15-16-39-26-10-6-8-22-7-4-5-9-24(22)26/h4-14,17-19H,3,15-16H2,1-2H3/b28-19-. The number of imide groups is 1. The molecule has 0 N–H and O–H groups in total. The molecule has 0 spiro atoms. The highest BCUT2D eigenvalue weighted by molar-refractivity contribution is 9.10. The van der Waals surface area contributed by atoms with Crippen LogP contribution in [0.25, 0.3) is 16.8 Å². The first-order valence-corrected chi connectivity index (χ1v) is 16.0. The Hall–Kier alpha value is -3.80. The van der Waals surface area contributed by atoms with Crippen LogP contribution in [0.1, 0.15) is 18.1 Å². The van der Waals surface area contributed by atoms with Gasteiger partial charge in [-0.15, -0.1) is 0 Å². The first-order valence-electron chi connectivity index (χ1n) is 13.0. The van der Waals surface area contributed by atoms with Gasteiger partial charge in [-0.3, -0.25) is 14.5 Å². The highest BCUT2D eigenvalue weighted by Gasteiger charge is 2.35. The van der Waals surface area contributed by atoms with Gasteiger partial charge in [0, 0.05) is 5.39 Å². The van der Waals surface area contributed by atoms with Gasteiger partial charge in [-0.25, -0.2) is 0 Å². The van der Waals surface area contributed by atoms with Gasteiger partial charge in [0.25, 0.3) is 11.1 Å². The number of hydrogen-bond donors (Lipinski definition) is 0. The average Bonchev–Trinajstić information content (AvgIpc) is 3.22. The van der Waals surface area contributed by atoms with E-state index in [2.05, 4.69) is 15.9 Å². The molecule has 5 rings (SSSR count). The van der Waals surface area contributed by atoms with Gasteiger partial charge in [-0.2, -0.15) is 8.42 Å². The molecular formula is C31H26BrNO7S2. The molecule has 216 valence electrons. The Morgan fingerprint density at radius 1 is 0.929 bits per heavy atom. The van der Waals surface area contributed by atoms with Crippen molar-refractivity contribution in [3.8, 4) is 17.2 Å². The molecule has 1 aliphatic heterocycles. The number of aryl methyl sites for hydroxylation is 1. The van der Waals surface area contributed by atoms with Crippen LogP contribution in [0.5, 0.6) is 17.2 Å². The first-order chi connectivity index (χ1) is 20.2. The number of halogens is 1. The van der Waals surface area contributed by atoms with Crippen LogP contribution >= 0.6 is 27.7 Å². The molecule has 0 atom stereocenters. The summed E-state index contributed by atoms with van der Waals surface area (Å²) in [5.74, 6) is 0.378. The second kappa shape index (κ2) is 12.6. The summed E-state index contributed by atoms with van der Waals surface area (Å²) in [6.45, 7) is 4.08. The van der Waals surface area contributed by atoms with Crippen LogP contribution in [-0.4, -0.2) is 44.2 Å². The van der Waals surface area contributed by atoms with Gasteiger partial charge in [0.15, 0.2) is 11.5 Å². The Morgan fingerprint density at radius 2 is 1.67 bits per heavy atom. The summed E-state index contributed by atoms with van der Waals surface area (Å²) >= 11 is 4.21. The molecule has 42 heavy (non-hydrogen) atoms. The van der Waals surface area contributed by atoms with Crippen LogP contribution in [-0.2, 0) is 14.9 Å². The molecule has 8 nitrogen and oxygen atoms in total. The number of nitrogens with zero attached hydrogens (tertiary/aromatic N) is 1. The molecule has 0 aliphatic carbocycles. The van der Waals surface area contributed by atoms with Gasteiger partial charge >= 0.3 is 10.1 Å². The van der Waals surface area contributed by atoms with E-state index in [4.69, 9.17) is 13.7 Å². The number of benzene rings is 4. The summed E-state index contributed by atoms with van der Waals surface area (Å²) in [4.78, 5) is 27.2. The molecule has 4 aromatic carbocycles. The van der Waals surface area contributed by atoms with Crippen molar-refractivity contribution < 1.29 is 31.7 Å². The number of ether oxygens (including phenoxy) is 2. The summed E-state index contributed by atoms with van der Waals surface area (Å²) < 4.78 is 43.2. The number of thioether (sulfide) groups is 1. The van der Waals surface area contributed by atoms with Crippen LogP contribution < -0.4 is 13.7 Å². The number of rotatable bonds is 10. The minimum atomic E-state index is -4.14. The second-order valence-corrected chi connectivity index (χ2v) is 12.7. The minimum absolute atomic E-state index is 0.00429. The minimum Gasteiger partial charge on any atom is -0.491 e. The second-order valence-electron chi connectivity index (χ2n) is 9.27. The predicted molar refractivity (Wildman–Crippen MR) is 166 cm³/mol. The third-order valence-corrected chi connectivity index (χ3v) is 9.06. The number of hydrogen-bond acceptors (Lipinski definition) is 8. The van der Waals surface area contributed by atoms with Crippen molar-refractivity contribution in [2.75, 3.05) is 19.8 Å². The van der Waals surface area contributed by atoms with Crippen LogP contribution in [0, 0.1) is 6.92 Å². The summed E-state index contributed by atoms with van der Waals surface area (Å²) in [5, 5.41) is 1.58. The summed E-state index contributed by atoms with van der Waals surface area (Å²) in [6.07, 6.45) is 1.56. The molecule has 0 unspecified atom stereocenters. The molecule has 0 bridgehead atoms. The Labute approximate surface area is 256 Å². The topological polar surface area (TPSA) is 99.2 Å². The SMILES string of the molecule is CCOc1cc(/C=C2\SC(=O)N(CCOc3cccc4ccccc34)C2=O)cc(Br)c1OS(=O)(=O)c1ccc(C)cc1. The lowest BCUT2D eigenvalue weighted by atomic mass is 10.1. The largest absolute Gasteiger partial charge is 0.491 e. The average molecular weight is 669 g/mol. The fourth-order valence-electron chi connectivity index (χ4n) is 4.29. The zero-order valence-corrected chi connectivity index (χ0v) is 25.9. The van der Waals surface area contributed by atoms with Crippen molar-refractivity contribution in [2.24, 2.45) is 0 Å². The number of carbonyl (C=O) groups excluding carboxylic acids is 2. The van der Waals surface area contributed by atoms with E-state index in [0.29, 0.717) is 15.8 Å². The molecule has 1 aliphatic rings. The van der Waals surface area contributed by atoms with Gasteiger partial charge in [-0.05, 0) is 88.9 Å². The molecule has 0 radical (unpaired) electrons. The van der Waals surface area contributed by atoms with Crippen molar-refractivity contribution in [1.82, 2.24) is 4.90 Å². The lowest BCUT2D eigenvalue weighted by Gasteiger charge is -2.15. The van der Waals surface area contributed by atoms with Crippen LogP contribution in [0.4, 0.5) is 4.79 Å². The lowest BCUT2D eigenvalue weighted by Crippen LogP contribution is -2.32. The highest BCUT2D eigenvalue weighted by Crippen LogP contribution is 2.40. The fourth-order valence-corrected chi connectivity index (χ4v) is 6.76. The van der Waals surface area contributed by atoms with Crippen LogP contribution in [0.3, 0.4) is 0 Å². The highest BCUT2D eigenvalue weighted by atomic mass is 79.9. The number of amides is 2. The van der Waals surface area contributed by atoms with Crippen LogP contribution in [0.15, 0.2) is 93.1 Å². The lowest BCUT2D eigenvalue weighted by molar-refractivity contribution is -0.123. The summed E-state index contributed by atoms with van der Waals surface area (Å²) in [6, 6.07) is 23.0. The maximum atomic E-state index is 13.1. The summed E-state index contributed by atoms with van der Waals surface area (Å²) in [7, 11) is -4.14. The quantitative estimate of drug-likeness (QED) is 0.129. The molecule has 4 aromatic rings. The Kier molecular flexibility index (Phi) is 8.91. The maximum absolute atomic E-state index is 13.1. The van der Waals surface area contributed by atoms with E-state index in [1.807, 2.05) is 49.4 Å². The predicted octanol–water partition coefficient (Wildman–Crippen LogP) is 7.19. The zero-order valence-electron chi connectivity index (χ0n) is 22.7. The summed E-state index contributed by atoms with van der Waals surface area (Å²) in [5.41, 5.74) is 1.43. The molecule has 1 saturated heterocycles. The Morgan fingerprint density at radius 3 is 2.43 bits per heavy atom. The van der Waals surface area contributed by atoms with Gasteiger partial charge in [0.05, 0.1) is 22.5 Å². The van der Waals surface area contributed by atoms with Gasteiger partial charge in [0.1, 0.15) is 17.3 Å². The van der Waals surface area contributed by atoms with E-state index < -0.39 is 21.3 Å². The van der Waals surface area contributed by atoms with Crippen molar-refractivity contribution in [3.05, 3.63) is 99.4 Å². The normalized spacial score (nSPS) is 14.5.